The van der Waals surface area contributed by atoms with Gasteiger partial charge in [0, 0.05) is 12.8 Å². The Labute approximate surface area is 124 Å². The molecule has 0 fully saturated rings. The Morgan fingerprint density at radius 1 is 1.38 bits per heavy atom. The second kappa shape index (κ2) is 5.77. The zero-order valence-corrected chi connectivity index (χ0v) is 13.2. The van der Waals surface area contributed by atoms with Crippen LogP contribution in [0.1, 0.15) is 18.9 Å². The van der Waals surface area contributed by atoms with Crippen molar-refractivity contribution in [3.05, 3.63) is 29.8 Å². The van der Waals surface area contributed by atoms with Crippen molar-refractivity contribution >= 4 is 21.5 Å². The van der Waals surface area contributed by atoms with Gasteiger partial charge in [-0.1, -0.05) is 19.1 Å². The lowest BCUT2D eigenvalue weighted by Crippen LogP contribution is -2.07. The van der Waals surface area contributed by atoms with E-state index < -0.39 is 9.84 Å². The summed E-state index contributed by atoms with van der Waals surface area (Å²) in [7, 11) is -3.46. The minimum atomic E-state index is -3.46. The highest BCUT2D eigenvalue weighted by Crippen LogP contribution is 2.29. The van der Waals surface area contributed by atoms with E-state index in [0.29, 0.717) is 12.4 Å². The zero-order chi connectivity index (χ0) is 15.6. The Balaban J connectivity index is 2.61. The highest BCUT2D eigenvalue weighted by molar-refractivity contribution is 7.91. The van der Waals surface area contributed by atoms with Gasteiger partial charge < -0.3 is 11.1 Å². The summed E-state index contributed by atoms with van der Waals surface area (Å²) in [6.07, 6.45) is 2.00. The number of rotatable bonds is 5. The molecule has 0 amide bonds. The summed E-state index contributed by atoms with van der Waals surface area (Å²) in [6.45, 7) is 4.58. The largest absolute Gasteiger partial charge is 0.382 e. The molecule has 114 valence electrons. The van der Waals surface area contributed by atoms with Crippen molar-refractivity contribution in [3.8, 4) is 5.69 Å². The quantitative estimate of drug-likeness (QED) is 0.881. The van der Waals surface area contributed by atoms with Crippen molar-refractivity contribution in [1.82, 2.24) is 9.78 Å². The number of aryl methyl sites for hydroxylation is 1. The van der Waals surface area contributed by atoms with Crippen LogP contribution in [-0.2, 0) is 9.84 Å². The van der Waals surface area contributed by atoms with Crippen LogP contribution in [0, 0.1) is 6.92 Å². The average Bonchev–Trinajstić information content (AvgIpc) is 2.73. The highest BCUT2D eigenvalue weighted by atomic mass is 32.2. The number of nitrogen functional groups attached to an aromatic ring is 1. The molecule has 21 heavy (non-hydrogen) atoms. The van der Waals surface area contributed by atoms with E-state index >= 15 is 0 Å². The fourth-order valence-electron chi connectivity index (χ4n) is 2.10. The van der Waals surface area contributed by atoms with Crippen LogP contribution in [0.2, 0.25) is 0 Å². The predicted molar refractivity (Wildman–Crippen MR) is 84.6 cm³/mol. The fourth-order valence-corrected chi connectivity index (χ4v) is 3.03. The first-order valence-electron chi connectivity index (χ1n) is 6.74. The number of nitrogens with one attached hydrogen (secondary N) is 1. The molecular formula is C14H20N4O2S. The SMILES string of the molecule is CCCNc1nn(-c2cccc(C)c2)c(N)c1S(C)(=O)=O. The normalized spacial score (nSPS) is 11.6. The van der Waals surface area contributed by atoms with Gasteiger partial charge >= 0.3 is 0 Å². The molecule has 0 unspecified atom stereocenters. The number of anilines is 2. The lowest BCUT2D eigenvalue weighted by molar-refractivity contribution is 0.602. The molecule has 0 radical (unpaired) electrons. The minimum Gasteiger partial charge on any atom is -0.382 e. The van der Waals surface area contributed by atoms with E-state index in [9.17, 15) is 8.42 Å². The van der Waals surface area contributed by atoms with Gasteiger partial charge in [-0.15, -0.1) is 5.10 Å². The Morgan fingerprint density at radius 2 is 2.10 bits per heavy atom. The topological polar surface area (TPSA) is 90.0 Å². The van der Waals surface area contributed by atoms with Gasteiger partial charge in [0.2, 0.25) is 0 Å². The van der Waals surface area contributed by atoms with Gasteiger partial charge in [-0.05, 0) is 31.0 Å². The van der Waals surface area contributed by atoms with Crippen molar-refractivity contribution < 1.29 is 8.42 Å². The average molecular weight is 308 g/mol. The summed E-state index contributed by atoms with van der Waals surface area (Å²) in [5.41, 5.74) is 7.81. The van der Waals surface area contributed by atoms with E-state index in [1.54, 1.807) is 0 Å². The van der Waals surface area contributed by atoms with Crippen molar-refractivity contribution in [2.75, 3.05) is 23.9 Å². The van der Waals surface area contributed by atoms with Crippen molar-refractivity contribution in [3.63, 3.8) is 0 Å². The van der Waals surface area contributed by atoms with Crippen molar-refractivity contribution in [2.24, 2.45) is 0 Å². The van der Waals surface area contributed by atoms with Crippen LogP contribution in [0.15, 0.2) is 29.2 Å². The van der Waals surface area contributed by atoms with Gasteiger partial charge in [-0.25, -0.2) is 13.1 Å². The van der Waals surface area contributed by atoms with Gasteiger partial charge in [-0.3, -0.25) is 0 Å². The molecule has 0 saturated heterocycles. The highest BCUT2D eigenvalue weighted by Gasteiger charge is 2.24. The van der Waals surface area contributed by atoms with E-state index in [1.165, 1.54) is 4.68 Å². The Hall–Kier alpha value is -2.02. The number of aromatic nitrogens is 2. The first-order chi connectivity index (χ1) is 9.84. The molecule has 0 atom stereocenters. The molecule has 1 heterocycles. The molecule has 0 aliphatic rings. The minimum absolute atomic E-state index is 0.0532. The number of hydrogen-bond acceptors (Lipinski definition) is 5. The van der Waals surface area contributed by atoms with Crippen LogP contribution >= 0.6 is 0 Å². The first-order valence-corrected chi connectivity index (χ1v) is 8.63. The molecule has 0 saturated carbocycles. The third-order valence-electron chi connectivity index (χ3n) is 3.04. The molecule has 2 aromatic rings. The molecule has 0 aliphatic heterocycles. The van der Waals surface area contributed by atoms with E-state index in [2.05, 4.69) is 10.4 Å². The smallest absolute Gasteiger partial charge is 0.182 e. The number of nitrogens with two attached hydrogens (primary N) is 1. The molecule has 0 spiro atoms. The Morgan fingerprint density at radius 3 is 2.67 bits per heavy atom. The predicted octanol–water partition coefficient (Wildman–Crippen LogP) is 1.99. The lowest BCUT2D eigenvalue weighted by atomic mass is 10.2. The number of benzene rings is 1. The van der Waals surface area contributed by atoms with Crippen LogP contribution < -0.4 is 11.1 Å². The second-order valence-corrected chi connectivity index (χ2v) is 6.97. The summed E-state index contributed by atoms with van der Waals surface area (Å²) < 4.78 is 25.4. The monoisotopic (exact) mass is 308 g/mol. The lowest BCUT2D eigenvalue weighted by Gasteiger charge is -2.05. The molecular weight excluding hydrogens is 288 g/mol. The van der Waals surface area contributed by atoms with E-state index in [1.807, 2.05) is 38.1 Å². The van der Waals surface area contributed by atoms with Crippen molar-refractivity contribution in [2.45, 2.75) is 25.2 Å². The maximum absolute atomic E-state index is 12.0. The number of sulfone groups is 1. The summed E-state index contributed by atoms with van der Waals surface area (Å²) in [6, 6.07) is 7.58. The van der Waals surface area contributed by atoms with Crippen molar-refractivity contribution in [1.29, 1.82) is 0 Å². The van der Waals surface area contributed by atoms with Crippen LogP contribution in [0.25, 0.3) is 5.69 Å². The van der Waals surface area contributed by atoms with E-state index in [0.717, 1.165) is 23.9 Å². The van der Waals surface area contributed by atoms with E-state index in [4.69, 9.17) is 5.73 Å². The summed E-state index contributed by atoms with van der Waals surface area (Å²) in [4.78, 5) is 0.0532. The van der Waals surface area contributed by atoms with Crippen LogP contribution in [-0.4, -0.2) is 31.0 Å². The van der Waals surface area contributed by atoms with Gasteiger partial charge in [0.15, 0.2) is 20.6 Å². The molecule has 1 aromatic heterocycles. The molecule has 7 heteroatoms. The van der Waals surface area contributed by atoms with E-state index in [-0.39, 0.29) is 10.7 Å². The molecule has 0 aliphatic carbocycles. The molecule has 0 bridgehead atoms. The van der Waals surface area contributed by atoms with Gasteiger partial charge in [0.1, 0.15) is 5.82 Å². The number of hydrogen-bond donors (Lipinski definition) is 2. The summed E-state index contributed by atoms with van der Waals surface area (Å²) in [5, 5.41) is 7.35. The Kier molecular flexibility index (Phi) is 4.22. The van der Waals surface area contributed by atoms with Crippen LogP contribution in [0.5, 0.6) is 0 Å². The standard InChI is InChI=1S/C14H20N4O2S/c1-4-8-16-14-12(21(3,19)20)13(15)18(17-14)11-7-5-6-10(2)9-11/h5-7,9H,4,8,15H2,1-3H3,(H,16,17). The third kappa shape index (κ3) is 3.18. The number of nitrogens with zero attached hydrogens (tertiary/aromatic N) is 2. The van der Waals surface area contributed by atoms with Gasteiger partial charge in [-0.2, -0.15) is 0 Å². The third-order valence-corrected chi connectivity index (χ3v) is 4.18. The summed E-state index contributed by atoms with van der Waals surface area (Å²) >= 11 is 0. The van der Waals surface area contributed by atoms with Gasteiger partial charge in [0.05, 0.1) is 5.69 Å². The maximum Gasteiger partial charge on any atom is 0.182 e. The molecule has 1 aromatic carbocycles. The first kappa shape index (κ1) is 15.4. The maximum atomic E-state index is 12.0. The zero-order valence-electron chi connectivity index (χ0n) is 12.4. The Bertz CT molecular complexity index is 750. The van der Waals surface area contributed by atoms with Crippen LogP contribution in [0.4, 0.5) is 11.6 Å². The second-order valence-electron chi connectivity index (χ2n) is 5.01. The molecule has 3 N–H and O–H groups in total. The molecule has 6 nitrogen and oxygen atoms in total. The summed E-state index contributed by atoms with van der Waals surface area (Å²) in [5.74, 6) is 0.431. The molecule has 2 rings (SSSR count). The fraction of sp³-hybridized carbons (Fsp3) is 0.357. The van der Waals surface area contributed by atoms with Crippen LogP contribution in [0.3, 0.4) is 0 Å². The van der Waals surface area contributed by atoms with Gasteiger partial charge in [0.25, 0.3) is 0 Å².